The van der Waals surface area contributed by atoms with E-state index >= 15 is 0 Å². The first kappa shape index (κ1) is 23.0. The highest BCUT2D eigenvalue weighted by Gasteiger charge is 2.47. The van der Waals surface area contributed by atoms with Crippen molar-refractivity contribution in [1.82, 2.24) is 34.5 Å². The smallest absolute Gasteiger partial charge is 0.280 e. The Balaban J connectivity index is 1.35. The number of rotatable bonds is 5. The van der Waals surface area contributed by atoms with Crippen LogP contribution in [0.3, 0.4) is 0 Å². The fourth-order valence-electron chi connectivity index (χ4n) is 5.05. The van der Waals surface area contributed by atoms with E-state index in [9.17, 15) is 17.6 Å². The van der Waals surface area contributed by atoms with Crippen LogP contribution < -0.4 is 10.1 Å². The second-order valence-electron chi connectivity index (χ2n) is 9.61. The van der Waals surface area contributed by atoms with Crippen molar-refractivity contribution < 1.29 is 22.3 Å². The van der Waals surface area contributed by atoms with Crippen LogP contribution in [0.15, 0.2) is 30.5 Å². The van der Waals surface area contributed by atoms with Gasteiger partial charge in [-0.15, -0.1) is 10.2 Å². The van der Waals surface area contributed by atoms with Crippen LogP contribution in [0.4, 0.5) is 23.5 Å². The molecule has 1 saturated heterocycles. The molecule has 4 heterocycles. The van der Waals surface area contributed by atoms with Gasteiger partial charge in [-0.3, -0.25) is 0 Å². The maximum atomic E-state index is 14.5. The van der Waals surface area contributed by atoms with E-state index in [0.717, 1.165) is 11.1 Å². The third-order valence-electron chi connectivity index (χ3n) is 6.96. The Bertz CT molecular complexity index is 1440. The molecule has 9 nitrogen and oxygen atoms in total. The number of hydrogen-bond acceptors (Lipinski definition) is 7. The van der Waals surface area contributed by atoms with Gasteiger partial charge in [-0.25, -0.2) is 26.8 Å². The molecule has 1 unspecified atom stereocenters. The number of nitrogens with zero attached hydrogens (tertiary/aromatic N) is 7. The predicted molar refractivity (Wildman–Crippen MR) is 124 cm³/mol. The Morgan fingerprint density at radius 3 is 2.67 bits per heavy atom. The molecule has 1 aliphatic heterocycles. The second-order valence-corrected chi connectivity index (χ2v) is 9.61. The normalized spacial score (nSPS) is 22.1. The lowest BCUT2D eigenvalue weighted by molar-refractivity contribution is -0.106. The number of aromatic nitrogens is 6. The number of nitrogens with one attached hydrogen (secondary N) is 1. The summed E-state index contributed by atoms with van der Waals surface area (Å²) in [7, 11) is 3.12. The molecule has 3 aromatic heterocycles. The molecule has 13 heteroatoms. The quantitative estimate of drug-likeness (QED) is 0.413. The van der Waals surface area contributed by atoms with Crippen LogP contribution in [-0.4, -0.2) is 79.6 Å². The number of methoxy groups -OCH3 is 1. The summed E-state index contributed by atoms with van der Waals surface area (Å²) in [6.45, 7) is 0.191. The van der Waals surface area contributed by atoms with Crippen molar-refractivity contribution >= 4 is 22.5 Å². The fraction of sp³-hybridized carbons (Fsp3) is 0.478. The van der Waals surface area contributed by atoms with Gasteiger partial charge in [0.1, 0.15) is 11.0 Å². The molecule has 1 saturated carbocycles. The van der Waals surface area contributed by atoms with Crippen molar-refractivity contribution in [2.45, 2.75) is 43.2 Å². The summed E-state index contributed by atoms with van der Waals surface area (Å²) in [5.41, 5.74) is 3.30. The van der Waals surface area contributed by atoms with Crippen molar-refractivity contribution in [2.75, 3.05) is 32.6 Å². The minimum absolute atomic E-state index is 0.0411. The van der Waals surface area contributed by atoms with Gasteiger partial charge in [0.05, 0.1) is 31.3 Å². The van der Waals surface area contributed by atoms with E-state index < -0.39 is 23.9 Å². The molecular formula is C23H24F4N8O. The molecule has 0 radical (unpaired) electrons. The lowest BCUT2D eigenvalue weighted by atomic mass is 9.88. The van der Waals surface area contributed by atoms with Gasteiger partial charge in [-0.1, -0.05) is 11.3 Å². The lowest BCUT2D eigenvalue weighted by Gasteiger charge is -2.36. The fourth-order valence-corrected chi connectivity index (χ4v) is 5.05. The SMILES string of the molecule is COc1nc(NC2CCN(C)CC2(F)F)nn2ccc(-c3ccc4nnn(C5CC(F)(F)C5)c4c3)c12. The van der Waals surface area contributed by atoms with Crippen molar-refractivity contribution in [2.24, 2.45) is 0 Å². The summed E-state index contributed by atoms with van der Waals surface area (Å²) in [6, 6.07) is 5.77. The van der Waals surface area contributed by atoms with E-state index in [4.69, 9.17) is 4.74 Å². The Kier molecular flexibility index (Phi) is 5.11. The number of fused-ring (bicyclic) bond motifs is 2. The topological polar surface area (TPSA) is 85.4 Å². The molecule has 6 rings (SSSR count). The summed E-state index contributed by atoms with van der Waals surface area (Å²) in [5.74, 6) is -5.35. The van der Waals surface area contributed by atoms with Gasteiger partial charge in [0.15, 0.2) is 0 Å². The van der Waals surface area contributed by atoms with Gasteiger partial charge >= 0.3 is 0 Å². The van der Waals surface area contributed by atoms with Crippen molar-refractivity contribution in [1.29, 1.82) is 0 Å². The molecule has 1 aromatic carbocycles. The Labute approximate surface area is 203 Å². The highest BCUT2D eigenvalue weighted by molar-refractivity contribution is 5.89. The zero-order valence-corrected chi connectivity index (χ0v) is 19.6. The minimum Gasteiger partial charge on any atom is -0.479 e. The third kappa shape index (κ3) is 3.81. The van der Waals surface area contributed by atoms with Crippen molar-refractivity contribution in [3.63, 3.8) is 0 Å². The van der Waals surface area contributed by atoms with E-state index in [0.29, 0.717) is 23.1 Å². The number of alkyl halides is 4. The van der Waals surface area contributed by atoms with E-state index in [1.807, 2.05) is 18.2 Å². The Morgan fingerprint density at radius 1 is 1.14 bits per heavy atom. The standard InChI is InChI=1S/C23H24F4N8O/c1-33-7-6-18(23(26,27)12-33)28-21-29-20(36-2)19-15(5-8-34(19)31-21)13-3-4-16-17(9-13)35(32-30-16)14-10-22(24,25)11-14/h3-5,8-9,14,18H,6-7,10-12H2,1-2H3,(H,28,31). The number of likely N-dealkylation sites (tertiary alicyclic amines) is 1. The largest absolute Gasteiger partial charge is 0.479 e. The zero-order chi connectivity index (χ0) is 25.2. The number of anilines is 1. The first-order valence-electron chi connectivity index (χ1n) is 11.6. The highest BCUT2D eigenvalue weighted by atomic mass is 19.3. The van der Waals surface area contributed by atoms with Crippen LogP contribution in [0.1, 0.15) is 25.3 Å². The van der Waals surface area contributed by atoms with Gasteiger partial charge in [0, 0.05) is 31.1 Å². The van der Waals surface area contributed by atoms with Crippen LogP contribution in [0.5, 0.6) is 5.88 Å². The van der Waals surface area contributed by atoms with E-state index in [1.165, 1.54) is 11.6 Å². The van der Waals surface area contributed by atoms with Crippen molar-refractivity contribution in [3.8, 4) is 17.0 Å². The van der Waals surface area contributed by atoms with Gasteiger partial charge in [-0.2, -0.15) is 4.98 Å². The molecule has 1 N–H and O–H groups in total. The van der Waals surface area contributed by atoms with Crippen LogP contribution in [0.2, 0.25) is 0 Å². The maximum Gasteiger partial charge on any atom is 0.280 e. The lowest BCUT2D eigenvalue weighted by Crippen LogP contribution is -2.53. The van der Waals surface area contributed by atoms with Gasteiger partial charge in [0.25, 0.3) is 11.8 Å². The van der Waals surface area contributed by atoms with Crippen LogP contribution in [-0.2, 0) is 0 Å². The summed E-state index contributed by atoms with van der Waals surface area (Å²) >= 11 is 0. The highest BCUT2D eigenvalue weighted by Crippen LogP contribution is 2.46. The van der Waals surface area contributed by atoms with Gasteiger partial charge in [-0.05, 0) is 37.2 Å². The van der Waals surface area contributed by atoms with Gasteiger partial charge < -0.3 is 15.0 Å². The third-order valence-corrected chi connectivity index (χ3v) is 6.96. The van der Waals surface area contributed by atoms with E-state index in [-0.39, 0.29) is 37.6 Å². The van der Waals surface area contributed by atoms with Crippen LogP contribution >= 0.6 is 0 Å². The first-order valence-corrected chi connectivity index (χ1v) is 11.6. The van der Waals surface area contributed by atoms with Crippen molar-refractivity contribution in [3.05, 3.63) is 30.5 Å². The molecule has 36 heavy (non-hydrogen) atoms. The number of benzene rings is 1. The molecule has 1 atom stereocenters. The van der Waals surface area contributed by atoms with Crippen LogP contribution in [0.25, 0.3) is 27.7 Å². The Morgan fingerprint density at radius 2 is 1.94 bits per heavy atom. The summed E-state index contributed by atoms with van der Waals surface area (Å²) in [6.07, 6.45) is 1.41. The molecule has 0 amide bonds. The molecule has 0 spiro atoms. The summed E-state index contributed by atoms with van der Waals surface area (Å²) in [5, 5.41) is 15.4. The maximum absolute atomic E-state index is 14.5. The Hall–Kier alpha value is -3.48. The average Bonchev–Trinajstić information content (AvgIpc) is 3.42. The molecule has 1 aliphatic carbocycles. The monoisotopic (exact) mass is 504 g/mol. The summed E-state index contributed by atoms with van der Waals surface area (Å²) < 4.78 is 64.5. The van der Waals surface area contributed by atoms with Crippen LogP contribution in [0, 0.1) is 0 Å². The average molecular weight is 504 g/mol. The molecule has 4 aromatic rings. The second kappa shape index (κ2) is 8.02. The zero-order valence-electron chi connectivity index (χ0n) is 19.6. The summed E-state index contributed by atoms with van der Waals surface area (Å²) in [4.78, 5) is 5.96. The predicted octanol–water partition coefficient (Wildman–Crippen LogP) is 3.87. The molecule has 190 valence electrons. The van der Waals surface area contributed by atoms with E-state index in [2.05, 4.69) is 25.7 Å². The molecule has 2 fully saturated rings. The molecular weight excluding hydrogens is 480 g/mol. The first-order chi connectivity index (χ1) is 17.1. The number of piperidine rings is 1. The number of halogens is 4. The number of ether oxygens (including phenoxy) is 1. The number of hydrogen-bond donors (Lipinski definition) is 1. The minimum atomic E-state index is -2.93. The molecule has 0 bridgehead atoms. The molecule has 2 aliphatic rings. The van der Waals surface area contributed by atoms with Gasteiger partial charge in [0.2, 0.25) is 11.8 Å². The van der Waals surface area contributed by atoms with E-state index in [1.54, 1.807) is 28.9 Å².